The summed E-state index contributed by atoms with van der Waals surface area (Å²) in [6.45, 7) is 0. The molecule has 5 rings (SSSR count). The quantitative estimate of drug-likeness (QED) is 0.839. The predicted molar refractivity (Wildman–Crippen MR) is 90.9 cm³/mol. The molecule has 120 valence electrons. The second-order valence-corrected chi connectivity index (χ2v) is 7.66. The van der Waals surface area contributed by atoms with E-state index in [0.717, 1.165) is 29.0 Å². The van der Waals surface area contributed by atoms with Gasteiger partial charge in [0.25, 0.3) is 0 Å². The van der Waals surface area contributed by atoms with Crippen molar-refractivity contribution in [1.82, 2.24) is 5.32 Å². The maximum absolute atomic E-state index is 12.4. The van der Waals surface area contributed by atoms with Gasteiger partial charge in [-0.25, -0.2) is 0 Å². The number of hydrogen-bond acceptors (Lipinski definition) is 2. The van der Waals surface area contributed by atoms with Gasteiger partial charge in [-0.2, -0.15) is 0 Å². The van der Waals surface area contributed by atoms with Crippen LogP contribution in [0.4, 0.5) is 5.69 Å². The van der Waals surface area contributed by atoms with Crippen LogP contribution in [0.5, 0.6) is 0 Å². The van der Waals surface area contributed by atoms with Gasteiger partial charge in [-0.1, -0.05) is 12.1 Å². The summed E-state index contributed by atoms with van der Waals surface area (Å²) < 4.78 is 0. The van der Waals surface area contributed by atoms with Crippen LogP contribution in [0.2, 0.25) is 0 Å². The van der Waals surface area contributed by atoms with Crippen molar-refractivity contribution in [2.45, 2.75) is 50.5 Å². The number of nitrogens with one attached hydrogen (secondary N) is 1. The number of halogens is 1. The minimum atomic E-state index is 0. The highest BCUT2D eigenvalue weighted by Gasteiger charge is 2.51. The molecule has 0 aromatic heterocycles. The summed E-state index contributed by atoms with van der Waals surface area (Å²) in [5.41, 5.74) is 7.61. The average molecular weight is 321 g/mol. The van der Waals surface area contributed by atoms with Gasteiger partial charge < -0.3 is 11.1 Å². The first kappa shape index (κ1) is 15.7. The molecule has 4 aliphatic rings. The lowest BCUT2D eigenvalue weighted by atomic mass is 9.53. The van der Waals surface area contributed by atoms with Gasteiger partial charge in [-0.15, -0.1) is 12.4 Å². The summed E-state index contributed by atoms with van der Waals surface area (Å²) in [5.74, 6) is 2.79. The number of carbonyl (C=O) groups is 1. The van der Waals surface area contributed by atoms with Crippen molar-refractivity contribution in [3.63, 3.8) is 0 Å². The standard InChI is InChI=1S/C18H24N2O.ClH/c19-16-3-1-12(2-4-16)8-17(21)20-18-9-13-5-14(10-18)7-15(6-13)11-18;/h1-4,13-15H,5-11,19H2,(H,20,21);1H. The van der Waals surface area contributed by atoms with E-state index in [1.807, 2.05) is 24.3 Å². The van der Waals surface area contributed by atoms with E-state index in [-0.39, 0.29) is 23.9 Å². The van der Waals surface area contributed by atoms with Crippen LogP contribution in [-0.2, 0) is 11.2 Å². The molecule has 4 aliphatic carbocycles. The number of hydrogen-bond donors (Lipinski definition) is 2. The molecule has 1 aromatic rings. The fourth-order valence-electron chi connectivity index (χ4n) is 5.42. The fourth-order valence-corrected chi connectivity index (χ4v) is 5.42. The summed E-state index contributed by atoms with van der Waals surface area (Å²) in [6, 6.07) is 7.64. The predicted octanol–water partition coefficient (Wildman–Crippen LogP) is 3.32. The van der Waals surface area contributed by atoms with E-state index in [9.17, 15) is 4.79 Å². The van der Waals surface area contributed by atoms with Gasteiger partial charge in [0.15, 0.2) is 0 Å². The van der Waals surface area contributed by atoms with Gasteiger partial charge in [0.05, 0.1) is 6.42 Å². The number of nitrogens with two attached hydrogens (primary N) is 1. The summed E-state index contributed by atoms with van der Waals surface area (Å²) in [4.78, 5) is 12.4. The Kier molecular flexibility index (Phi) is 4.11. The average Bonchev–Trinajstić information content (AvgIpc) is 2.39. The van der Waals surface area contributed by atoms with Crippen molar-refractivity contribution in [1.29, 1.82) is 0 Å². The van der Waals surface area contributed by atoms with Crippen LogP contribution >= 0.6 is 12.4 Å². The Morgan fingerprint density at radius 2 is 1.55 bits per heavy atom. The van der Waals surface area contributed by atoms with E-state index in [4.69, 9.17) is 5.73 Å². The van der Waals surface area contributed by atoms with E-state index < -0.39 is 0 Å². The van der Waals surface area contributed by atoms with E-state index in [2.05, 4.69) is 5.32 Å². The Bertz CT molecular complexity index is 519. The normalized spacial score (nSPS) is 35.0. The molecule has 0 spiro atoms. The first-order valence-corrected chi connectivity index (χ1v) is 8.26. The van der Waals surface area contributed by atoms with Crippen LogP contribution in [0.3, 0.4) is 0 Å². The van der Waals surface area contributed by atoms with Gasteiger partial charge in [0.1, 0.15) is 0 Å². The smallest absolute Gasteiger partial charge is 0.224 e. The zero-order chi connectivity index (χ0) is 14.4. The first-order chi connectivity index (χ1) is 10.1. The Morgan fingerprint density at radius 3 is 2.05 bits per heavy atom. The number of nitrogen functional groups attached to an aromatic ring is 1. The summed E-state index contributed by atoms with van der Waals surface area (Å²) in [6.07, 6.45) is 8.35. The Hall–Kier alpha value is -1.22. The molecule has 4 saturated carbocycles. The number of rotatable bonds is 3. The van der Waals surface area contributed by atoms with Gasteiger partial charge in [0.2, 0.25) is 5.91 Å². The molecular formula is C18H25ClN2O. The van der Waals surface area contributed by atoms with E-state index >= 15 is 0 Å². The minimum Gasteiger partial charge on any atom is -0.399 e. The maximum Gasteiger partial charge on any atom is 0.224 e. The topological polar surface area (TPSA) is 55.1 Å². The molecule has 1 amide bonds. The fraction of sp³-hybridized carbons (Fsp3) is 0.611. The monoisotopic (exact) mass is 320 g/mol. The summed E-state index contributed by atoms with van der Waals surface area (Å²) >= 11 is 0. The van der Waals surface area contributed by atoms with Crippen molar-refractivity contribution in [3.8, 4) is 0 Å². The maximum atomic E-state index is 12.4. The van der Waals surface area contributed by atoms with Crippen LogP contribution in [0, 0.1) is 17.8 Å². The number of carbonyl (C=O) groups excluding carboxylic acids is 1. The lowest BCUT2D eigenvalue weighted by molar-refractivity contribution is -0.126. The van der Waals surface area contributed by atoms with Crippen molar-refractivity contribution in [2.24, 2.45) is 17.8 Å². The van der Waals surface area contributed by atoms with E-state index in [1.54, 1.807) is 0 Å². The molecule has 0 radical (unpaired) electrons. The number of benzene rings is 1. The van der Waals surface area contributed by atoms with Gasteiger partial charge in [-0.05, 0) is 74.0 Å². The van der Waals surface area contributed by atoms with Gasteiger partial charge >= 0.3 is 0 Å². The zero-order valence-corrected chi connectivity index (χ0v) is 13.7. The third kappa shape index (κ3) is 2.96. The molecule has 0 unspecified atom stereocenters. The van der Waals surface area contributed by atoms with Gasteiger partial charge in [-0.3, -0.25) is 4.79 Å². The lowest BCUT2D eigenvalue weighted by Gasteiger charge is -2.56. The number of anilines is 1. The zero-order valence-electron chi connectivity index (χ0n) is 12.9. The van der Waals surface area contributed by atoms with Crippen LogP contribution < -0.4 is 11.1 Å². The SMILES string of the molecule is Cl.Nc1ccc(CC(=O)NC23CC4CC(CC(C4)C2)C3)cc1. The van der Waals surface area contributed by atoms with Crippen LogP contribution in [0.15, 0.2) is 24.3 Å². The largest absolute Gasteiger partial charge is 0.399 e. The molecule has 0 saturated heterocycles. The summed E-state index contributed by atoms with van der Waals surface area (Å²) in [7, 11) is 0. The van der Waals surface area contributed by atoms with E-state index in [0.29, 0.717) is 6.42 Å². The van der Waals surface area contributed by atoms with E-state index in [1.165, 1.54) is 38.5 Å². The summed E-state index contributed by atoms with van der Waals surface area (Å²) in [5, 5.41) is 3.42. The molecule has 0 heterocycles. The second kappa shape index (κ2) is 5.77. The Balaban J connectivity index is 0.00000144. The van der Waals surface area contributed by atoms with Crippen molar-refractivity contribution in [3.05, 3.63) is 29.8 Å². The highest BCUT2D eigenvalue weighted by Crippen LogP contribution is 2.55. The molecule has 4 bridgehead atoms. The highest BCUT2D eigenvalue weighted by atomic mass is 35.5. The molecule has 0 atom stereocenters. The number of amides is 1. The van der Waals surface area contributed by atoms with Crippen molar-refractivity contribution >= 4 is 24.0 Å². The van der Waals surface area contributed by atoms with Crippen LogP contribution in [0.1, 0.15) is 44.1 Å². The van der Waals surface area contributed by atoms with Crippen molar-refractivity contribution < 1.29 is 4.79 Å². The minimum absolute atomic E-state index is 0. The molecule has 22 heavy (non-hydrogen) atoms. The third-order valence-corrected chi connectivity index (χ3v) is 5.79. The molecule has 1 aromatic carbocycles. The van der Waals surface area contributed by atoms with Crippen LogP contribution in [-0.4, -0.2) is 11.4 Å². The molecule has 3 nitrogen and oxygen atoms in total. The molecular weight excluding hydrogens is 296 g/mol. The molecule has 4 fully saturated rings. The first-order valence-electron chi connectivity index (χ1n) is 8.26. The molecule has 3 N–H and O–H groups in total. The Morgan fingerprint density at radius 1 is 1.05 bits per heavy atom. The van der Waals surface area contributed by atoms with Crippen LogP contribution in [0.25, 0.3) is 0 Å². The molecule has 0 aliphatic heterocycles. The highest BCUT2D eigenvalue weighted by molar-refractivity contribution is 5.85. The Labute approximate surface area is 138 Å². The second-order valence-electron chi connectivity index (χ2n) is 7.66. The van der Waals surface area contributed by atoms with Crippen molar-refractivity contribution in [2.75, 3.05) is 5.73 Å². The van der Waals surface area contributed by atoms with Gasteiger partial charge in [0, 0.05) is 11.2 Å². The molecule has 4 heteroatoms. The third-order valence-electron chi connectivity index (χ3n) is 5.79. The lowest BCUT2D eigenvalue weighted by Crippen LogP contribution is -2.60.